The molecule has 1 fully saturated rings. The van der Waals surface area contributed by atoms with Gasteiger partial charge in [-0.15, -0.1) is 0 Å². The summed E-state index contributed by atoms with van der Waals surface area (Å²) in [6.45, 7) is 0.808. The number of aliphatic hydroxyl groups is 1. The highest BCUT2D eigenvalue weighted by molar-refractivity contribution is 5.89. The summed E-state index contributed by atoms with van der Waals surface area (Å²) in [5, 5.41) is 22.8. The number of amides is 2. The van der Waals surface area contributed by atoms with Crippen LogP contribution in [0, 0.1) is 17.1 Å². The second-order valence-electron chi connectivity index (χ2n) is 9.11. The number of nitrogens with one attached hydrogen (secondary N) is 1. The fraction of sp³-hybridized carbons (Fsp3) is 0.440. The molecule has 2 amide bonds. The first-order chi connectivity index (χ1) is 16.4. The zero-order chi connectivity index (χ0) is 25.8. The predicted octanol–water partition coefficient (Wildman–Crippen LogP) is 4.94. The molecule has 0 heterocycles. The lowest BCUT2D eigenvalue weighted by Crippen LogP contribution is -2.49. The van der Waals surface area contributed by atoms with Gasteiger partial charge in [0.15, 0.2) is 0 Å². The van der Waals surface area contributed by atoms with Crippen LogP contribution in [-0.2, 0) is 11.8 Å². The fourth-order valence-electron chi connectivity index (χ4n) is 4.34. The van der Waals surface area contributed by atoms with Gasteiger partial charge in [0.25, 0.3) is 0 Å². The van der Waals surface area contributed by atoms with Crippen LogP contribution >= 0.6 is 0 Å². The summed E-state index contributed by atoms with van der Waals surface area (Å²) in [5.74, 6) is -1.10. The van der Waals surface area contributed by atoms with Crippen molar-refractivity contribution in [2.75, 3.05) is 32.5 Å². The van der Waals surface area contributed by atoms with Crippen LogP contribution in [0.15, 0.2) is 42.5 Å². The number of benzene rings is 2. The molecular weight excluding hydrogens is 464 g/mol. The summed E-state index contributed by atoms with van der Waals surface area (Å²) >= 11 is 0. The highest BCUT2D eigenvalue weighted by atomic mass is 19.4. The standard InChI is InChI=1S/C25H28F4N4O2/c1-32(2)10-11-33(23(34)31-21-14-19(25(27,28)29)13-20(26)15-21)22-6-8-24(35,9-7-22)18-5-3-4-17(12-18)16-30/h3-5,12-15,22,35H,6-11H2,1-2H3,(H,31,34). The summed E-state index contributed by atoms with van der Waals surface area (Å²) in [6.07, 6.45) is -3.16. The number of carbonyl (C=O) groups is 1. The molecule has 1 saturated carbocycles. The summed E-state index contributed by atoms with van der Waals surface area (Å²) in [6, 6.07) is 9.86. The zero-order valence-corrected chi connectivity index (χ0v) is 19.6. The summed E-state index contributed by atoms with van der Waals surface area (Å²) in [5.41, 5.74) is -1.53. The molecule has 6 nitrogen and oxygen atoms in total. The van der Waals surface area contributed by atoms with Gasteiger partial charge in [-0.2, -0.15) is 18.4 Å². The Bertz CT molecular complexity index is 1090. The first-order valence-electron chi connectivity index (χ1n) is 11.2. The summed E-state index contributed by atoms with van der Waals surface area (Å²) in [4.78, 5) is 16.5. The zero-order valence-electron chi connectivity index (χ0n) is 19.6. The number of likely N-dealkylation sites (N-methyl/N-ethyl adjacent to an activating group) is 1. The molecular formula is C25H28F4N4O2. The van der Waals surface area contributed by atoms with E-state index >= 15 is 0 Å². The first-order valence-corrected chi connectivity index (χ1v) is 11.2. The number of nitrogens with zero attached hydrogens (tertiary/aromatic N) is 3. The third-order valence-electron chi connectivity index (χ3n) is 6.28. The second kappa shape index (κ2) is 10.6. The Kier molecular flexibility index (Phi) is 8.03. The topological polar surface area (TPSA) is 79.6 Å². The van der Waals surface area contributed by atoms with Crippen LogP contribution in [0.2, 0.25) is 0 Å². The number of urea groups is 1. The van der Waals surface area contributed by atoms with E-state index in [1.54, 1.807) is 24.3 Å². The van der Waals surface area contributed by atoms with E-state index in [1.165, 1.54) is 4.90 Å². The van der Waals surface area contributed by atoms with Crippen molar-refractivity contribution in [1.29, 1.82) is 5.26 Å². The summed E-state index contributed by atoms with van der Waals surface area (Å²) in [7, 11) is 3.67. The highest BCUT2D eigenvalue weighted by Crippen LogP contribution is 2.39. The molecule has 2 aromatic rings. The van der Waals surface area contributed by atoms with E-state index in [1.807, 2.05) is 19.0 Å². The minimum atomic E-state index is -4.75. The van der Waals surface area contributed by atoms with Crippen molar-refractivity contribution >= 4 is 11.7 Å². The number of alkyl halides is 3. The van der Waals surface area contributed by atoms with E-state index in [0.717, 1.165) is 6.07 Å². The minimum absolute atomic E-state index is 0.273. The molecule has 2 N–H and O–H groups in total. The van der Waals surface area contributed by atoms with Gasteiger partial charge >= 0.3 is 12.2 Å². The number of carbonyl (C=O) groups excluding carboxylic acids is 1. The smallest absolute Gasteiger partial charge is 0.385 e. The monoisotopic (exact) mass is 492 g/mol. The average Bonchev–Trinajstić information content (AvgIpc) is 2.79. The van der Waals surface area contributed by atoms with E-state index in [2.05, 4.69) is 11.4 Å². The van der Waals surface area contributed by atoms with Crippen molar-refractivity contribution in [3.05, 3.63) is 65.0 Å². The molecule has 0 spiro atoms. The lowest BCUT2D eigenvalue weighted by Gasteiger charge is -2.41. The van der Waals surface area contributed by atoms with Crippen molar-refractivity contribution in [3.63, 3.8) is 0 Å². The Balaban J connectivity index is 1.77. The lowest BCUT2D eigenvalue weighted by molar-refractivity contribution is -0.137. The largest absolute Gasteiger partial charge is 0.416 e. The maximum atomic E-state index is 13.8. The van der Waals surface area contributed by atoms with Gasteiger partial charge in [-0.25, -0.2) is 9.18 Å². The molecule has 0 atom stereocenters. The molecule has 3 rings (SSSR count). The van der Waals surface area contributed by atoms with Crippen LogP contribution in [0.5, 0.6) is 0 Å². The van der Waals surface area contributed by atoms with Crippen LogP contribution in [-0.4, -0.2) is 54.2 Å². The van der Waals surface area contributed by atoms with E-state index in [4.69, 9.17) is 5.26 Å². The Morgan fingerprint density at radius 3 is 2.46 bits per heavy atom. The van der Waals surface area contributed by atoms with Crippen LogP contribution in [0.1, 0.15) is 42.4 Å². The molecule has 1 aliphatic carbocycles. The van der Waals surface area contributed by atoms with Crippen LogP contribution in [0.25, 0.3) is 0 Å². The van der Waals surface area contributed by atoms with Gasteiger partial charge in [0, 0.05) is 24.8 Å². The van der Waals surface area contributed by atoms with Gasteiger partial charge in [-0.1, -0.05) is 12.1 Å². The second-order valence-corrected chi connectivity index (χ2v) is 9.11. The number of halogens is 4. The van der Waals surface area contributed by atoms with Crippen molar-refractivity contribution in [2.45, 2.75) is 43.5 Å². The Morgan fingerprint density at radius 1 is 1.17 bits per heavy atom. The Morgan fingerprint density at radius 2 is 1.86 bits per heavy atom. The van der Waals surface area contributed by atoms with Crippen LogP contribution in [0.3, 0.4) is 0 Å². The van der Waals surface area contributed by atoms with E-state index < -0.39 is 29.2 Å². The SMILES string of the molecule is CN(C)CCN(C(=O)Nc1cc(F)cc(C(F)(F)F)c1)C1CCC(O)(c2cccc(C#N)c2)CC1. The number of anilines is 1. The maximum Gasteiger partial charge on any atom is 0.416 e. The number of hydrogen-bond donors (Lipinski definition) is 2. The first kappa shape index (κ1) is 26.4. The van der Waals surface area contributed by atoms with Gasteiger partial charge in [0.1, 0.15) is 5.82 Å². The quantitative estimate of drug-likeness (QED) is 0.560. The van der Waals surface area contributed by atoms with E-state index in [-0.39, 0.29) is 11.7 Å². The van der Waals surface area contributed by atoms with Gasteiger partial charge < -0.3 is 20.2 Å². The van der Waals surface area contributed by atoms with Crippen LogP contribution in [0.4, 0.5) is 28.0 Å². The molecule has 35 heavy (non-hydrogen) atoms. The fourth-order valence-corrected chi connectivity index (χ4v) is 4.34. The molecule has 10 heteroatoms. The van der Waals surface area contributed by atoms with E-state index in [0.29, 0.717) is 62.0 Å². The van der Waals surface area contributed by atoms with Gasteiger partial charge in [0.2, 0.25) is 0 Å². The molecule has 0 saturated heterocycles. The van der Waals surface area contributed by atoms with Gasteiger partial charge in [-0.05, 0) is 75.7 Å². The van der Waals surface area contributed by atoms with Crippen molar-refractivity contribution in [3.8, 4) is 6.07 Å². The maximum absolute atomic E-state index is 13.8. The number of nitriles is 1. The third-order valence-corrected chi connectivity index (χ3v) is 6.28. The normalized spacial score (nSPS) is 20.4. The Labute approximate surface area is 201 Å². The average molecular weight is 493 g/mol. The van der Waals surface area contributed by atoms with Crippen molar-refractivity contribution in [1.82, 2.24) is 9.80 Å². The van der Waals surface area contributed by atoms with Crippen LogP contribution < -0.4 is 5.32 Å². The van der Waals surface area contributed by atoms with Gasteiger partial charge in [0.05, 0.1) is 22.8 Å². The van der Waals surface area contributed by atoms with E-state index in [9.17, 15) is 27.5 Å². The molecule has 0 radical (unpaired) electrons. The molecule has 188 valence electrons. The lowest BCUT2D eigenvalue weighted by atomic mass is 9.77. The molecule has 2 aromatic carbocycles. The molecule has 0 bridgehead atoms. The minimum Gasteiger partial charge on any atom is -0.385 e. The summed E-state index contributed by atoms with van der Waals surface area (Å²) < 4.78 is 53.0. The van der Waals surface area contributed by atoms with Gasteiger partial charge in [-0.3, -0.25) is 0 Å². The predicted molar refractivity (Wildman–Crippen MR) is 123 cm³/mol. The number of rotatable bonds is 6. The number of hydrogen-bond acceptors (Lipinski definition) is 4. The third kappa shape index (κ3) is 6.71. The molecule has 0 unspecified atom stereocenters. The van der Waals surface area contributed by atoms with Crippen molar-refractivity contribution < 1.29 is 27.5 Å². The molecule has 0 aromatic heterocycles. The van der Waals surface area contributed by atoms with Crippen molar-refractivity contribution in [2.24, 2.45) is 0 Å². The molecule has 0 aliphatic heterocycles. The highest BCUT2D eigenvalue weighted by Gasteiger charge is 2.38. The molecule has 1 aliphatic rings. The Hall–Kier alpha value is -3.16.